The molecule has 0 saturated heterocycles. The Kier molecular flexibility index (Phi) is 5.25. The van der Waals surface area contributed by atoms with E-state index in [0.717, 1.165) is 22.3 Å². The van der Waals surface area contributed by atoms with Crippen LogP contribution >= 0.6 is 0 Å². The molecule has 7 nitrogen and oxygen atoms in total. The number of methoxy groups -OCH3 is 3. The van der Waals surface area contributed by atoms with Gasteiger partial charge in [-0.1, -0.05) is 6.07 Å². The number of carboxylic acids is 1. The number of benzene rings is 2. The third kappa shape index (κ3) is 3.54. The lowest BCUT2D eigenvalue weighted by molar-refractivity contribution is 0.0697. The predicted molar refractivity (Wildman–Crippen MR) is 116 cm³/mol. The first-order chi connectivity index (χ1) is 15.0. The van der Waals surface area contributed by atoms with E-state index in [0.29, 0.717) is 34.1 Å². The van der Waals surface area contributed by atoms with E-state index in [4.69, 9.17) is 18.6 Å². The van der Waals surface area contributed by atoms with Crippen molar-refractivity contribution in [2.24, 2.45) is 0 Å². The van der Waals surface area contributed by atoms with Crippen LogP contribution in [0, 0.1) is 6.92 Å². The molecule has 2 heterocycles. The van der Waals surface area contributed by atoms with Gasteiger partial charge >= 0.3 is 5.97 Å². The van der Waals surface area contributed by atoms with Crippen LogP contribution in [-0.4, -0.2) is 37.4 Å². The van der Waals surface area contributed by atoms with Gasteiger partial charge in [-0.05, 0) is 48.4 Å². The van der Waals surface area contributed by atoms with Gasteiger partial charge in [-0.3, -0.25) is 4.98 Å². The van der Waals surface area contributed by atoms with Crippen molar-refractivity contribution < 1.29 is 28.5 Å². The molecule has 4 aromatic rings. The van der Waals surface area contributed by atoms with Crippen molar-refractivity contribution in [3.05, 3.63) is 59.8 Å². The van der Waals surface area contributed by atoms with E-state index in [1.165, 1.54) is 0 Å². The zero-order valence-corrected chi connectivity index (χ0v) is 17.6. The molecular formula is C24H21NO6. The molecule has 1 N–H and O–H groups in total. The fourth-order valence-corrected chi connectivity index (χ4v) is 3.56. The highest BCUT2D eigenvalue weighted by Gasteiger charge is 2.19. The lowest BCUT2D eigenvalue weighted by Crippen LogP contribution is -1.97. The highest BCUT2D eigenvalue weighted by Crippen LogP contribution is 2.43. The number of furan rings is 1. The van der Waals surface area contributed by atoms with Crippen LogP contribution in [0.25, 0.3) is 33.6 Å². The Morgan fingerprint density at radius 2 is 1.65 bits per heavy atom. The SMILES string of the molecule is COc1cc(-c2cc3nccc(-c4cc(C(=O)O)ccc4C)c3o2)cc(OC)c1OC. The number of aromatic nitrogens is 1. The summed E-state index contributed by atoms with van der Waals surface area (Å²) < 4.78 is 22.5. The van der Waals surface area contributed by atoms with E-state index in [1.54, 1.807) is 57.9 Å². The third-order valence-corrected chi connectivity index (χ3v) is 5.14. The molecular weight excluding hydrogens is 398 g/mol. The molecule has 0 aliphatic rings. The van der Waals surface area contributed by atoms with Crippen LogP contribution in [0.15, 0.2) is 53.1 Å². The van der Waals surface area contributed by atoms with E-state index in [1.807, 2.05) is 19.1 Å². The smallest absolute Gasteiger partial charge is 0.335 e. The molecule has 0 saturated carbocycles. The van der Waals surface area contributed by atoms with Crippen molar-refractivity contribution in [2.45, 2.75) is 6.92 Å². The molecule has 2 aromatic carbocycles. The molecule has 0 fully saturated rings. The Hall–Kier alpha value is -4.00. The van der Waals surface area contributed by atoms with Crippen LogP contribution < -0.4 is 14.2 Å². The van der Waals surface area contributed by atoms with E-state index >= 15 is 0 Å². The Bertz CT molecular complexity index is 1270. The standard InChI is InChI=1S/C24H21NO6/c1-13-5-6-14(24(26)27)9-17(13)16-7-8-25-18-12-19(31-22(16)18)15-10-20(28-2)23(30-4)21(11-15)29-3/h5-12H,1-4H3,(H,26,27). The topological polar surface area (TPSA) is 91.0 Å². The largest absolute Gasteiger partial charge is 0.493 e. The van der Waals surface area contributed by atoms with Gasteiger partial charge in [-0.2, -0.15) is 0 Å². The van der Waals surface area contributed by atoms with Crippen LogP contribution in [0.2, 0.25) is 0 Å². The number of carbonyl (C=O) groups is 1. The van der Waals surface area contributed by atoms with Crippen molar-refractivity contribution in [3.63, 3.8) is 0 Å². The summed E-state index contributed by atoms with van der Waals surface area (Å²) in [5, 5.41) is 9.38. The van der Waals surface area contributed by atoms with Gasteiger partial charge in [-0.15, -0.1) is 0 Å². The maximum Gasteiger partial charge on any atom is 0.335 e. The Morgan fingerprint density at radius 1 is 0.935 bits per heavy atom. The van der Waals surface area contributed by atoms with Gasteiger partial charge in [0.1, 0.15) is 11.3 Å². The first kappa shape index (κ1) is 20.3. The summed E-state index contributed by atoms with van der Waals surface area (Å²) in [6.45, 7) is 1.93. The highest BCUT2D eigenvalue weighted by molar-refractivity contribution is 5.96. The minimum Gasteiger partial charge on any atom is -0.493 e. The third-order valence-electron chi connectivity index (χ3n) is 5.14. The summed E-state index contributed by atoms with van der Waals surface area (Å²) in [7, 11) is 4.65. The molecule has 158 valence electrons. The summed E-state index contributed by atoms with van der Waals surface area (Å²) in [5.74, 6) is 1.10. The molecule has 0 amide bonds. The minimum absolute atomic E-state index is 0.210. The van der Waals surface area contributed by atoms with Gasteiger partial charge in [0, 0.05) is 23.4 Å². The van der Waals surface area contributed by atoms with Gasteiger partial charge in [0.15, 0.2) is 17.1 Å². The van der Waals surface area contributed by atoms with Gasteiger partial charge in [0.05, 0.1) is 26.9 Å². The monoisotopic (exact) mass is 419 g/mol. The number of aromatic carboxylic acids is 1. The summed E-state index contributed by atoms with van der Waals surface area (Å²) in [6, 6.07) is 12.3. The molecule has 7 heteroatoms. The second-order valence-corrected chi connectivity index (χ2v) is 6.93. The zero-order valence-electron chi connectivity index (χ0n) is 17.6. The number of rotatable bonds is 6. The number of hydrogen-bond acceptors (Lipinski definition) is 6. The van der Waals surface area contributed by atoms with Crippen LogP contribution in [0.5, 0.6) is 17.2 Å². The summed E-state index contributed by atoms with van der Waals surface area (Å²) in [4.78, 5) is 15.9. The zero-order chi connectivity index (χ0) is 22.1. The maximum absolute atomic E-state index is 11.5. The second kappa shape index (κ2) is 8.02. The quantitative estimate of drug-likeness (QED) is 0.460. The van der Waals surface area contributed by atoms with Crippen LogP contribution in [0.1, 0.15) is 15.9 Å². The Morgan fingerprint density at radius 3 is 2.26 bits per heavy atom. The van der Waals surface area contributed by atoms with Crippen molar-refractivity contribution in [1.82, 2.24) is 4.98 Å². The van der Waals surface area contributed by atoms with Gasteiger partial charge in [0.2, 0.25) is 5.75 Å². The number of carboxylic acid groups (broad SMARTS) is 1. The van der Waals surface area contributed by atoms with E-state index < -0.39 is 5.97 Å². The second-order valence-electron chi connectivity index (χ2n) is 6.93. The maximum atomic E-state index is 11.5. The van der Waals surface area contributed by atoms with Gasteiger partial charge in [-0.25, -0.2) is 4.79 Å². The van der Waals surface area contributed by atoms with Crippen molar-refractivity contribution >= 4 is 17.1 Å². The number of fused-ring (bicyclic) bond motifs is 1. The fourth-order valence-electron chi connectivity index (χ4n) is 3.56. The van der Waals surface area contributed by atoms with Crippen LogP contribution in [-0.2, 0) is 0 Å². The number of ether oxygens (including phenoxy) is 3. The first-order valence-corrected chi connectivity index (χ1v) is 9.50. The molecule has 0 spiro atoms. The van der Waals surface area contributed by atoms with Crippen molar-refractivity contribution in [1.29, 1.82) is 0 Å². The van der Waals surface area contributed by atoms with E-state index in [9.17, 15) is 9.90 Å². The van der Waals surface area contributed by atoms with Gasteiger partial charge in [0.25, 0.3) is 0 Å². The fraction of sp³-hybridized carbons (Fsp3) is 0.167. The number of aryl methyl sites for hydroxylation is 1. The van der Waals surface area contributed by atoms with E-state index in [2.05, 4.69) is 4.98 Å². The first-order valence-electron chi connectivity index (χ1n) is 9.50. The number of hydrogen-bond donors (Lipinski definition) is 1. The average Bonchev–Trinajstić information content (AvgIpc) is 3.22. The normalized spacial score (nSPS) is 10.8. The van der Waals surface area contributed by atoms with Crippen molar-refractivity contribution in [2.75, 3.05) is 21.3 Å². The molecule has 0 aliphatic heterocycles. The van der Waals surface area contributed by atoms with E-state index in [-0.39, 0.29) is 5.56 Å². The van der Waals surface area contributed by atoms with Crippen LogP contribution in [0.3, 0.4) is 0 Å². The molecule has 0 bridgehead atoms. The Labute approximate surface area is 178 Å². The number of pyridine rings is 1. The lowest BCUT2D eigenvalue weighted by atomic mass is 9.98. The van der Waals surface area contributed by atoms with Gasteiger partial charge < -0.3 is 23.7 Å². The molecule has 2 aromatic heterocycles. The lowest BCUT2D eigenvalue weighted by Gasteiger charge is -2.13. The minimum atomic E-state index is -0.982. The predicted octanol–water partition coefficient (Wildman–Crippen LogP) is 5.19. The summed E-state index contributed by atoms with van der Waals surface area (Å²) in [5.41, 5.74) is 4.64. The molecule has 0 radical (unpaired) electrons. The molecule has 31 heavy (non-hydrogen) atoms. The number of nitrogens with zero attached hydrogens (tertiary/aromatic N) is 1. The summed E-state index contributed by atoms with van der Waals surface area (Å²) in [6.07, 6.45) is 1.68. The molecule has 0 atom stereocenters. The van der Waals surface area contributed by atoms with Crippen LogP contribution in [0.4, 0.5) is 0 Å². The van der Waals surface area contributed by atoms with Crippen molar-refractivity contribution in [3.8, 4) is 39.7 Å². The highest BCUT2D eigenvalue weighted by atomic mass is 16.5. The molecule has 0 aliphatic carbocycles. The molecule has 0 unspecified atom stereocenters. The Balaban J connectivity index is 1.90. The average molecular weight is 419 g/mol. The molecule has 4 rings (SSSR count). The summed E-state index contributed by atoms with van der Waals surface area (Å²) >= 11 is 0.